The van der Waals surface area contributed by atoms with Crippen molar-refractivity contribution in [2.45, 2.75) is 26.8 Å². The minimum Gasteiger partial charge on any atom is -0.755 e. The summed E-state index contributed by atoms with van der Waals surface area (Å²) in [5.74, 6) is -1.53. The third kappa shape index (κ3) is 4.01. The molecule has 0 radical (unpaired) electrons. The molecule has 0 spiro atoms. The van der Waals surface area contributed by atoms with Gasteiger partial charge in [0.05, 0.1) is 0 Å². The molecule has 0 saturated heterocycles. The predicted molar refractivity (Wildman–Crippen MR) is 94.3 cm³/mol. The first-order valence-electron chi connectivity index (χ1n) is 7.59. The highest BCUT2D eigenvalue weighted by atomic mass is 32.2. The molecule has 24 heavy (non-hydrogen) atoms. The quantitative estimate of drug-likeness (QED) is 0.813. The van der Waals surface area contributed by atoms with Gasteiger partial charge in [-0.05, 0) is 36.1 Å². The Kier molecular flexibility index (Phi) is 5.75. The van der Waals surface area contributed by atoms with Crippen molar-refractivity contribution in [3.8, 4) is 11.1 Å². The van der Waals surface area contributed by atoms with Crippen molar-refractivity contribution >= 4 is 22.9 Å². The number of carboxylic acid groups (broad SMARTS) is 1. The van der Waals surface area contributed by atoms with Gasteiger partial charge in [-0.3, -0.25) is 8.51 Å². The van der Waals surface area contributed by atoms with Crippen LogP contribution < -0.4 is 4.31 Å². The summed E-state index contributed by atoms with van der Waals surface area (Å²) in [6, 6.07) is 13.7. The van der Waals surface area contributed by atoms with Gasteiger partial charge in [-0.15, -0.1) is 0 Å². The summed E-state index contributed by atoms with van der Waals surface area (Å²) in [5, 5.41) is 9.37. The number of nitrogens with zero attached hydrogens (tertiary/aromatic N) is 1. The molecule has 0 amide bonds. The molecule has 0 aliphatic heterocycles. The van der Waals surface area contributed by atoms with Gasteiger partial charge < -0.3 is 9.66 Å². The Morgan fingerprint density at radius 2 is 1.50 bits per heavy atom. The van der Waals surface area contributed by atoms with Crippen LogP contribution in [0.25, 0.3) is 11.1 Å². The van der Waals surface area contributed by atoms with E-state index in [-0.39, 0.29) is 5.92 Å². The monoisotopic (exact) mass is 346 g/mol. The molecule has 2 aromatic rings. The van der Waals surface area contributed by atoms with Crippen molar-refractivity contribution in [2.75, 3.05) is 4.31 Å². The minimum absolute atomic E-state index is 0.334. The van der Waals surface area contributed by atoms with Gasteiger partial charge >= 0.3 is 5.97 Å². The number of carbonyl (C=O) groups is 1. The maximum absolute atomic E-state index is 11.6. The largest absolute Gasteiger partial charge is 0.755 e. The summed E-state index contributed by atoms with van der Waals surface area (Å²) < 4.78 is 24.1. The van der Waals surface area contributed by atoms with Gasteiger partial charge in [0, 0.05) is 17.0 Å². The maximum atomic E-state index is 11.6. The molecule has 0 aliphatic carbocycles. The molecule has 2 rings (SSSR count). The highest BCUT2D eigenvalue weighted by molar-refractivity contribution is 7.80. The summed E-state index contributed by atoms with van der Waals surface area (Å²) in [6.45, 7) is 5.37. The van der Waals surface area contributed by atoms with E-state index in [1.807, 2.05) is 31.2 Å². The summed E-state index contributed by atoms with van der Waals surface area (Å²) >= 11 is -2.68. The minimum atomic E-state index is -2.68. The van der Waals surface area contributed by atoms with Gasteiger partial charge in [0.15, 0.2) is 0 Å². The van der Waals surface area contributed by atoms with E-state index in [0.29, 0.717) is 5.69 Å². The first kappa shape index (κ1) is 18.2. The number of aryl methyl sites for hydroxylation is 1. The van der Waals surface area contributed by atoms with Gasteiger partial charge in [-0.1, -0.05) is 55.8 Å². The molecule has 1 N–H and O–H groups in total. The smallest absolute Gasteiger partial charge is 0.327 e. The fraction of sp³-hybridized carbons (Fsp3) is 0.278. The molecule has 2 aromatic carbocycles. The lowest BCUT2D eigenvalue weighted by Gasteiger charge is -2.34. The number of carboxylic acids is 1. The van der Waals surface area contributed by atoms with Crippen molar-refractivity contribution in [2.24, 2.45) is 5.92 Å². The maximum Gasteiger partial charge on any atom is 0.327 e. The van der Waals surface area contributed by atoms with Crippen LogP contribution in [0.2, 0.25) is 0 Å². The Balaban J connectivity index is 2.37. The molecule has 2 atom stereocenters. The van der Waals surface area contributed by atoms with Crippen molar-refractivity contribution in [1.82, 2.24) is 0 Å². The number of hydrogen-bond donors (Lipinski definition) is 1. The van der Waals surface area contributed by atoms with Crippen LogP contribution in [0.5, 0.6) is 0 Å². The zero-order valence-corrected chi connectivity index (χ0v) is 14.6. The van der Waals surface area contributed by atoms with Crippen molar-refractivity contribution in [1.29, 1.82) is 0 Å². The Labute approximate surface area is 144 Å². The van der Waals surface area contributed by atoms with E-state index in [9.17, 15) is 18.7 Å². The first-order chi connectivity index (χ1) is 11.3. The molecule has 0 aliphatic rings. The number of anilines is 1. The fourth-order valence-electron chi connectivity index (χ4n) is 2.54. The average Bonchev–Trinajstić information content (AvgIpc) is 2.52. The Morgan fingerprint density at radius 3 is 1.88 bits per heavy atom. The Bertz CT molecular complexity index is 726. The summed E-state index contributed by atoms with van der Waals surface area (Å²) in [6.07, 6.45) is 0. The van der Waals surface area contributed by atoms with Gasteiger partial charge in [0.2, 0.25) is 0 Å². The lowest BCUT2D eigenvalue weighted by atomic mass is 10.0. The van der Waals surface area contributed by atoms with Crippen LogP contribution in [0.4, 0.5) is 5.69 Å². The van der Waals surface area contributed by atoms with E-state index in [1.54, 1.807) is 38.1 Å². The Hall–Kier alpha value is -2.18. The SMILES string of the molecule is Cc1ccc(-c2ccc(N(C(C(=O)O)C(C)C)S(=O)[O-])cc2)cc1. The van der Waals surface area contributed by atoms with Crippen LogP contribution in [0, 0.1) is 12.8 Å². The third-order valence-electron chi connectivity index (χ3n) is 3.80. The number of aliphatic carboxylic acids is 1. The molecule has 0 heterocycles. The normalized spacial score (nSPS) is 13.5. The van der Waals surface area contributed by atoms with Gasteiger partial charge in [-0.2, -0.15) is 0 Å². The molecule has 2 unspecified atom stereocenters. The van der Waals surface area contributed by atoms with Gasteiger partial charge in [0.25, 0.3) is 0 Å². The zero-order chi connectivity index (χ0) is 17.9. The molecule has 6 heteroatoms. The van der Waals surface area contributed by atoms with Gasteiger partial charge in [0.1, 0.15) is 6.04 Å². The number of rotatable bonds is 6. The van der Waals surface area contributed by atoms with Crippen LogP contribution in [-0.4, -0.2) is 25.9 Å². The number of benzene rings is 2. The number of hydrogen-bond acceptors (Lipinski definition) is 3. The molecular formula is C18H20NO4S-. The fourth-order valence-corrected chi connectivity index (χ4v) is 3.36. The van der Waals surface area contributed by atoms with Crippen LogP contribution in [0.1, 0.15) is 19.4 Å². The van der Waals surface area contributed by atoms with E-state index in [1.165, 1.54) is 0 Å². The Morgan fingerprint density at radius 1 is 1.04 bits per heavy atom. The van der Waals surface area contributed by atoms with Gasteiger partial charge in [-0.25, -0.2) is 4.79 Å². The average molecular weight is 346 g/mol. The van der Waals surface area contributed by atoms with Crippen LogP contribution in [-0.2, 0) is 16.1 Å². The molecule has 0 aromatic heterocycles. The first-order valence-corrected chi connectivity index (χ1v) is 8.63. The van der Waals surface area contributed by atoms with E-state index < -0.39 is 23.3 Å². The van der Waals surface area contributed by atoms with E-state index in [4.69, 9.17) is 0 Å². The molecule has 0 fully saturated rings. The van der Waals surface area contributed by atoms with Crippen LogP contribution >= 0.6 is 0 Å². The lowest BCUT2D eigenvalue weighted by Crippen LogP contribution is -2.45. The highest BCUT2D eigenvalue weighted by Gasteiger charge is 2.30. The lowest BCUT2D eigenvalue weighted by molar-refractivity contribution is -0.139. The molecular weight excluding hydrogens is 326 g/mol. The second kappa shape index (κ2) is 7.59. The molecule has 128 valence electrons. The second-order valence-corrected chi connectivity index (χ2v) is 6.81. The van der Waals surface area contributed by atoms with Crippen LogP contribution in [0.3, 0.4) is 0 Å². The predicted octanol–water partition coefficient (Wildman–Crippen LogP) is 3.37. The highest BCUT2D eigenvalue weighted by Crippen LogP contribution is 2.27. The standard InChI is InChI=1S/C18H21NO4S/c1-12(2)17(18(20)21)19(24(22)23)16-10-8-15(9-11-16)14-6-4-13(3)5-7-14/h4-12,17H,1-3H3,(H,20,21)(H,22,23)/p-1. The summed E-state index contributed by atoms with van der Waals surface area (Å²) in [4.78, 5) is 11.5. The zero-order valence-electron chi connectivity index (χ0n) is 13.8. The van der Waals surface area contributed by atoms with E-state index >= 15 is 0 Å². The summed E-state index contributed by atoms with van der Waals surface area (Å²) in [7, 11) is 0. The second-order valence-electron chi connectivity index (χ2n) is 5.98. The van der Waals surface area contributed by atoms with Crippen LogP contribution in [0.15, 0.2) is 48.5 Å². The van der Waals surface area contributed by atoms with Crippen molar-refractivity contribution in [3.63, 3.8) is 0 Å². The van der Waals surface area contributed by atoms with E-state index in [2.05, 4.69) is 0 Å². The third-order valence-corrected chi connectivity index (χ3v) is 4.56. The molecule has 0 bridgehead atoms. The van der Waals surface area contributed by atoms with Crippen molar-refractivity contribution < 1.29 is 18.7 Å². The molecule has 5 nitrogen and oxygen atoms in total. The summed E-state index contributed by atoms with van der Waals surface area (Å²) in [5.41, 5.74) is 3.44. The van der Waals surface area contributed by atoms with E-state index in [0.717, 1.165) is 21.0 Å². The topological polar surface area (TPSA) is 80.7 Å². The molecule has 0 saturated carbocycles. The van der Waals surface area contributed by atoms with Crippen molar-refractivity contribution in [3.05, 3.63) is 54.1 Å².